The second-order valence-corrected chi connectivity index (χ2v) is 7.95. The van der Waals surface area contributed by atoms with Crippen molar-refractivity contribution < 1.29 is 9.53 Å². The SMILES string of the molecule is CCCCOc1ccc(C(=O)Nc2sc3c(c2C#N)CC[C@@H](C)C3)cc1. The Kier molecular flexibility index (Phi) is 5.95. The summed E-state index contributed by atoms with van der Waals surface area (Å²) in [6, 6.07) is 9.45. The monoisotopic (exact) mass is 368 g/mol. The fourth-order valence-corrected chi connectivity index (χ4v) is 4.53. The molecule has 26 heavy (non-hydrogen) atoms. The number of nitrogens with zero attached hydrogens (tertiary/aromatic N) is 1. The predicted molar refractivity (Wildman–Crippen MR) is 105 cm³/mol. The van der Waals surface area contributed by atoms with E-state index in [1.54, 1.807) is 23.5 Å². The first kappa shape index (κ1) is 18.5. The fraction of sp³-hybridized carbons (Fsp3) is 0.429. The van der Waals surface area contributed by atoms with E-state index in [1.165, 1.54) is 4.88 Å². The minimum Gasteiger partial charge on any atom is -0.494 e. The zero-order valence-corrected chi connectivity index (χ0v) is 16.1. The number of thiophene rings is 1. The van der Waals surface area contributed by atoms with E-state index >= 15 is 0 Å². The molecule has 5 heteroatoms. The second-order valence-electron chi connectivity index (χ2n) is 6.85. The van der Waals surface area contributed by atoms with Crippen LogP contribution in [-0.4, -0.2) is 12.5 Å². The Morgan fingerprint density at radius 2 is 2.15 bits per heavy atom. The number of nitriles is 1. The van der Waals surface area contributed by atoms with Gasteiger partial charge in [0.25, 0.3) is 5.91 Å². The van der Waals surface area contributed by atoms with Crippen molar-refractivity contribution in [3.05, 3.63) is 45.8 Å². The van der Waals surface area contributed by atoms with Crippen molar-refractivity contribution in [3.8, 4) is 11.8 Å². The van der Waals surface area contributed by atoms with Gasteiger partial charge in [0.05, 0.1) is 12.2 Å². The number of ether oxygens (including phenoxy) is 1. The number of unbranched alkanes of at least 4 members (excludes halogenated alkanes) is 1. The van der Waals surface area contributed by atoms with Crippen molar-refractivity contribution in [1.29, 1.82) is 5.26 Å². The molecule has 0 saturated heterocycles. The normalized spacial score (nSPS) is 15.8. The average molecular weight is 369 g/mol. The highest BCUT2D eigenvalue weighted by molar-refractivity contribution is 7.16. The summed E-state index contributed by atoms with van der Waals surface area (Å²) in [6.07, 6.45) is 5.13. The first-order chi connectivity index (χ1) is 12.6. The Bertz CT molecular complexity index is 818. The van der Waals surface area contributed by atoms with E-state index in [0.717, 1.165) is 43.4 Å². The summed E-state index contributed by atoms with van der Waals surface area (Å²) in [4.78, 5) is 13.8. The lowest BCUT2D eigenvalue weighted by Gasteiger charge is -2.17. The van der Waals surface area contributed by atoms with Crippen molar-refractivity contribution in [1.82, 2.24) is 0 Å². The zero-order chi connectivity index (χ0) is 18.5. The molecule has 1 aromatic carbocycles. The highest BCUT2D eigenvalue weighted by atomic mass is 32.1. The number of anilines is 1. The van der Waals surface area contributed by atoms with Gasteiger partial charge in [-0.15, -0.1) is 11.3 Å². The topological polar surface area (TPSA) is 62.1 Å². The van der Waals surface area contributed by atoms with Gasteiger partial charge in [-0.1, -0.05) is 20.3 Å². The average Bonchev–Trinajstić information content (AvgIpc) is 2.98. The van der Waals surface area contributed by atoms with Crippen molar-refractivity contribution in [2.24, 2.45) is 5.92 Å². The van der Waals surface area contributed by atoms with E-state index in [9.17, 15) is 10.1 Å². The number of rotatable bonds is 6. The van der Waals surface area contributed by atoms with Gasteiger partial charge in [0, 0.05) is 10.4 Å². The van der Waals surface area contributed by atoms with Crippen LogP contribution in [0.5, 0.6) is 5.75 Å². The molecule has 3 rings (SSSR count). The molecule has 4 nitrogen and oxygen atoms in total. The number of fused-ring (bicyclic) bond motifs is 1. The largest absolute Gasteiger partial charge is 0.494 e. The quantitative estimate of drug-likeness (QED) is 0.715. The van der Waals surface area contributed by atoms with Crippen LogP contribution in [0.15, 0.2) is 24.3 Å². The molecule has 1 aliphatic carbocycles. The highest BCUT2D eigenvalue weighted by Gasteiger charge is 2.24. The van der Waals surface area contributed by atoms with Gasteiger partial charge >= 0.3 is 0 Å². The first-order valence-corrected chi connectivity index (χ1v) is 10.0. The molecule has 0 radical (unpaired) electrons. The molecule has 1 heterocycles. The molecule has 0 bridgehead atoms. The van der Waals surface area contributed by atoms with Crippen LogP contribution in [0.2, 0.25) is 0 Å². The Hall–Kier alpha value is -2.32. The third-order valence-corrected chi connectivity index (χ3v) is 5.90. The van der Waals surface area contributed by atoms with E-state index in [0.29, 0.717) is 28.7 Å². The number of hydrogen-bond acceptors (Lipinski definition) is 4. The first-order valence-electron chi connectivity index (χ1n) is 9.21. The summed E-state index contributed by atoms with van der Waals surface area (Å²) in [6.45, 7) is 5.04. The molecule has 1 N–H and O–H groups in total. The standard InChI is InChI=1S/C21H24N2O2S/c1-3-4-11-25-16-8-6-15(7-9-16)20(24)23-21-18(13-22)17-10-5-14(2)12-19(17)26-21/h6-9,14H,3-5,10-12H2,1-2H3,(H,23,24)/t14-/m1/s1. The summed E-state index contributed by atoms with van der Waals surface area (Å²) < 4.78 is 5.63. The molecule has 0 unspecified atom stereocenters. The van der Waals surface area contributed by atoms with Gasteiger partial charge < -0.3 is 10.1 Å². The summed E-state index contributed by atoms with van der Waals surface area (Å²) in [5.74, 6) is 1.22. The molecule has 1 aromatic heterocycles. The van der Waals surface area contributed by atoms with Crippen LogP contribution in [0.4, 0.5) is 5.00 Å². The molecular formula is C21H24N2O2S. The smallest absolute Gasteiger partial charge is 0.256 e. The van der Waals surface area contributed by atoms with Crippen molar-refractivity contribution in [2.45, 2.75) is 46.0 Å². The summed E-state index contributed by atoms with van der Waals surface area (Å²) in [5.41, 5.74) is 2.34. The zero-order valence-electron chi connectivity index (χ0n) is 15.3. The maximum Gasteiger partial charge on any atom is 0.256 e. The Balaban J connectivity index is 1.71. The van der Waals surface area contributed by atoms with Crippen LogP contribution in [-0.2, 0) is 12.8 Å². The molecule has 0 spiro atoms. The van der Waals surface area contributed by atoms with Crippen LogP contribution in [0.3, 0.4) is 0 Å². The fourth-order valence-electron chi connectivity index (χ4n) is 3.17. The number of nitrogens with one attached hydrogen (secondary N) is 1. The Labute approximate surface area is 158 Å². The molecule has 1 amide bonds. The Morgan fingerprint density at radius 1 is 1.38 bits per heavy atom. The van der Waals surface area contributed by atoms with E-state index < -0.39 is 0 Å². The number of amides is 1. The maximum absolute atomic E-state index is 12.6. The summed E-state index contributed by atoms with van der Waals surface area (Å²) in [5, 5.41) is 13.2. The van der Waals surface area contributed by atoms with Crippen LogP contribution in [0, 0.1) is 17.2 Å². The van der Waals surface area contributed by atoms with Gasteiger partial charge in [-0.25, -0.2) is 0 Å². The van der Waals surface area contributed by atoms with E-state index in [2.05, 4.69) is 25.2 Å². The third kappa shape index (κ3) is 4.08. The van der Waals surface area contributed by atoms with Crippen LogP contribution in [0.25, 0.3) is 0 Å². The second kappa shape index (κ2) is 8.37. The molecule has 136 valence electrons. The molecule has 1 aliphatic rings. The molecule has 1 atom stereocenters. The van der Waals surface area contributed by atoms with E-state index in [4.69, 9.17) is 4.74 Å². The lowest BCUT2D eigenvalue weighted by molar-refractivity contribution is 0.102. The van der Waals surface area contributed by atoms with E-state index in [-0.39, 0.29) is 5.91 Å². The number of benzene rings is 1. The van der Waals surface area contributed by atoms with E-state index in [1.807, 2.05) is 12.1 Å². The van der Waals surface area contributed by atoms with Gasteiger partial charge in [0.15, 0.2) is 0 Å². The van der Waals surface area contributed by atoms with Gasteiger partial charge in [-0.3, -0.25) is 4.79 Å². The molecule has 0 aliphatic heterocycles. The maximum atomic E-state index is 12.6. The molecule has 2 aromatic rings. The number of carbonyl (C=O) groups is 1. The van der Waals surface area contributed by atoms with Crippen LogP contribution >= 0.6 is 11.3 Å². The van der Waals surface area contributed by atoms with Crippen molar-refractivity contribution in [2.75, 3.05) is 11.9 Å². The third-order valence-electron chi connectivity index (χ3n) is 4.73. The molecular weight excluding hydrogens is 344 g/mol. The minimum absolute atomic E-state index is 0.187. The van der Waals surface area contributed by atoms with Gasteiger partial charge in [0.1, 0.15) is 16.8 Å². The predicted octanol–water partition coefficient (Wildman–Crippen LogP) is 5.18. The number of hydrogen-bond donors (Lipinski definition) is 1. The summed E-state index contributed by atoms with van der Waals surface area (Å²) in [7, 11) is 0. The van der Waals surface area contributed by atoms with Crippen molar-refractivity contribution in [3.63, 3.8) is 0 Å². The van der Waals surface area contributed by atoms with Gasteiger partial charge in [0.2, 0.25) is 0 Å². The van der Waals surface area contributed by atoms with Crippen LogP contribution < -0.4 is 10.1 Å². The molecule has 0 fully saturated rings. The van der Waals surface area contributed by atoms with Gasteiger partial charge in [-0.05, 0) is 61.4 Å². The lowest BCUT2D eigenvalue weighted by atomic mass is 9.88. The van der Waals surface area contributed by atoms with Crippen LogP contribution in [0.1, 0.15) is 59.5 Å². The van der Waals surface area contributed by atoms with Gasteiger partial charge in [-0.2, -0.15) is 5.26 Å². The Morgan fingerprint density at radius 3 is 2.85 bits per heavy atom. The van der Waals surface area contributed by atoms with Crippen molar-refractivity contribution >= 4 is 22.2 Å². The molecule has 0 saturated carbocycles. The lowest BCUT2D eigenvalue weighted by Crippen LogP contribution is -2.12. The number of carbonyl (C=O) groups excluding carboxylic acids is 1. The minimum atomic E-state index is -0.187. The highest BCUT2D eigenvalue weighted by Crippen LogP contribution is 2.39. The summed E-state index contributed by atoms with van der Waals surface area (Å²) >= 11 is 1.55.